The number of unbranched alkanes of at least 4 members (excludes halogenated alkanes) is 9. The maximum absolute atomic E-state index is 10.9. The lowest BCUT2D eigenvalue weighted by Gasteiger charge is -2.08. The van der Waals surface area contributed by atoms with Crippen molar-refractivity contribution in [2.24, 2.45) is 0 Å². The summed E-state index contributed by atoms with van der Waals surface area (Å²) in [6, 6.07) is 14.8. The molecule has 0 fully saturated rings. The predicted molar refractivity (Wildman–Crippen MR) is 127 cm³/mol. The van der Waals surface area contributed by atoms with Gasteiger partial charge in [-0.1, -0.05) is 75.6 Å². The average molecular weight is 441 g/mol. The molecule has 0 amide bonds. The smallest absolute Gasteiger partial charge is 0.335 e. The Labute approximate surface area is 191 Å². The Morgan fingerprint density at radius 2 is 1.09 bits per heavy atom. The van der Waals surface area contributed by atoms with Crippen LogP contribution in [0.15, 0.2) is 48.5 Å². The van der Waals surface area contributed by atoms with Crippen LogP contribution >= 0.6 is 0 Å². The lowest BCUT2D eigenvalue weighted by Crippen LogP contribution is -2.00. The van der Waals surface area contributed by atoms with Gasteiger partial charge in [-0.25, -0.2) is 4.79 Å². The number of rotatable bonds is 16. The van der Waals surface area contributed by atoms with Gasteiger partial charge < -0.3 is 14.6 Å². The number of hydrogen-bond donors (Lipinski definition) is 1. The highest BCUT2D eigenvalue weighted by molar-refractivity contribution is 5.88. The third kappa shape index (κ3) is 10.5. The van der Waals surface area contributed by atoms with Gasteiger partial charge in [0.15, 0.2) is 0 Å². The third-order valence-corrected chi connectivity index (χ3v) is 5.43. The number of aromatic carboxylic acids is 1. The van der Waals surface area contributed by atoms with Gasteiger partial charge in [0.1, 0.15) is 5.75 Å². The minimum Gasteiger partial charge on any atom is -0.494 e. The van der Waals surface area contributed by atoms with Crippen molar-refractivity contribution in [3.8, 4) is 16.9 Å². The van der Waals surface area contributed by atoms with E-state index in [-0.39, 0.29) is 5.97 Å². The molecule has 2 aromatic carbocycles. The van der Waals surface area contributed by atoms with Crippen molar-refractivity contribution >= 4 is 11.9 Å². The standard InChI is InChI=1S/C27H36O5/c1-22(28)31-20-10-8-6-4-2-3-5-7-9-11-21-32-26-18-16-24(17-19-26)23-12-14-25(15-13-23)27(29)30/h12-19H,2-11,20-21H2,1H3,(H,29,30). The lowest BCUT2D eigenvalue weighted by molar-refractivity contribution is -0.141. The molecule has 0 spiro atoms. The Balaban J connectivity index is 1.47. The molecular weight excluding hydrogens is 404 g/mol. The van der Waals surface area contributed by atoms with Crippen LogP contribution in [0, 0.1) is 0 Å². The Morgan fingerprint density at radius 3 is 1.56 bits per heavy atom. The molecule has 0 aromatic heterocycles. The second kappa shape index (κ2) is 15.1. The molecule has 0 saturated carbocycles. The zero-order chi connectivity index (χ0) is 23.0. The number of carbonyl (C=O) groups is 2. The summed E-state index contributed by atoms with van der Waals surface area (Å²) in [5.41, 5.74) is 2.32. The van der Waals surface area contributed by atoms with Gasteiger partial charge in [-0.15, -0.1) is 0 Å². The summed E-state index contributed by atoms with van der Waals surface area (Å²) in [7, 11) is 0. The largest absolute Gasteiger partial charge is 0.494 e. The zero-order valence-electron chi connectivity index (χ0n) is 19.2. The van der Waals surface area contributed by atoms with Crippen molar-refractivity contribution in [3.63, 3.8) is 0 Å². The number of ether oxygens (including phenoxy) is 2. The minimum absolute atomic E-state index is 0.185. The van der Waals surface area contributed by atoms with Crippen LogP contribution in [0.2, 0.25) is 0 Å². The first-order valence-electron chi connectivity index (χ1n) is 11.8. The molecule has 0 heterocycles. The highest BCUT2D eigenvalue weighted by atomic mass is 16.5. The molecule has 0 aliphatic carbocycles. The summed E-state index contributed by atoms with van der Waals surface area (Å²) in [4.78, 5) is 21.6. The van der Waals surface area contributed by atoms with E-state index in [1.165, 1.54) is 51.9 Å². The molecule has 0 saturated heterocycles. The highest BCUT2D eigenvalue weighted by Gasteiger charge is 2.04. The van der Waals surface area contributed by atoms with E-state index in [1.54, 1.807) is 12.1 Å². The van der Waals surface area contributed by atoms with Crippen LogP contribution in [0.5, 0.6) is 5.75 Å². The first-order valence-corrected chi connectivity index (χ1v) is 11.8. The molecule has 32 heavy (non-hydrogen) atoms. The fourth-order valence-corrected chi connectivity index (χ4v) is 3.57. The number of esters is 1. The van der Waals surface area contributed by atoms with Crippen molar-refractivity contribution < 1.29 is 24.2 Å². The quantitative estimate of drug-likeness (QED) is 0.227. The van der Waals surface area contributed by atoms with E-state index in [0.29, 0.717) is 12.2 Å². The topological polar surface area (TPSA) is 72.8 Å². The molecule has 0 unspecified atom stereocenters. The van der Waals surface area contributed by atoms with Crippen molar-refractivity contribution in [1.29, 1.82) is 0 Å². The lowest BCUT2D eigenvalue weighted by atomic mass is 10.0. The Morgan fingerprint density at radius 1 is 0.656 bits per heavy atom. The Kier molecular flexibility index (Phi) is 12.0. The summed E-state index contributed by atoms with van der Waals surface area (Å²) in [5.74, 6) is -0.232. The van der Waals surface area contributed by atoms with Crippen LogP contribution < -0.4 is 4.74 Å². The van der Waals surface area contributed by atoms with Crippen LogP contribution in [0.25, 0.3) is 11.1 Å². The molecule has 0 atom stereocenters. The van der Waals surface area contributed by atoms with Gasteiger partial charge in [-0.3, -0.25) is 4.79 Å². The number of carbonyl (C=O) groups excluding carboxylic acids is 1. The fraction of sp³-hybridized carbons (Fsp3) is 0.481. The molecule has 1 N–H and O–H groups in total. The van der Waals surface area contributed by atoms with Crippen molar-refractivity contribution in [1.82, 2.24) is 0 Å². The van der Waals surface area contributed by atoms with Gasteiger partial charge in [-0.2, -0.15) is 0 Å². The van der Waals surface area contributed by atoms with E-state index in [2.05, 4.69) is 0 Å². The SMILES string of the molecule is CC(=O)OCCCCCCCCCCCCOc1ccc(-c2ccc(C(=O)O)cc2)cc1. The van der Waals surface area contributed by atoms with Gasteiger partial charge in [0.05, 0.1) is 18.8 Å². The molecule has 5 heteroatoms. The summed E-state index contributed by atoms with van der Waals surface area (Å²) >= 11 is 0. The number of carboxylic acid groups (broad SMARTS) is 1. The van der Waals surface area contributed by atoms with E-state index in [0.717, 1.165) is 42.7 Å². The van der Waals surface area contributed by atoms with Gasteiger partial charge >= 0.3 is 11.9 Å². The zero-order valence-corrected chi connectivity index (χ0v) is 19.2. The molecule has 0 aliphatic rings. The predicted octanol–water partition coefficient (Wildman–Crippen LogP) is 6.89. The third-order valence-electron chi connectivity index (χ3n) is 5.43. The van der Waals surface area contributed by atoms with Crippen LogP contribution in [0.1, 0.15) is 81.5 Å². The fourth-order valence-electron chi connectivity index (χ4n) is 3.57. The monoisotopic (exact) mass is 440 g/mol. The van der Waals surface area contributed by atoms with Gasteiger partial charge in [-0.05, 0) is 48.2 Å². The summed E-state index contributed by atoms with van der Waals surface area (Å²) in [5, 5.41) is 8.99. The van der Waals surface area contributed by atoms with E-state index in [9.17, 15) is 9.59 Å². The number of benzene rings is 2. The molecule has 0 bridgehead atoms. The molecule has 2 aromatic rings. The molecule has 174 valence electrons. The first-order chi connectivity index (χ1) is 15.6. The maximum atomic E-state index is 10.9. The molecule has 5 nitrogen and oxygen atoms in total. The van der Waals surface area contributed by atoms with E-state index < -0.39 is 5.97 Å². The summed E-state index contributed by atoms with van der Waals surface area (Å²) < 4.78 is 10.8. The second-order valence-corrected chi connectivity index (χ2v) is 8.13. The second-order valence-electron chi connectivity index (χ2n) is 8.13. The molecule has 2 rings (SSSR count). The van der Waals surface area contributed by atoms with E-state index in [4.69, 9.17) is 14.6 Å². The number of hydrogen-bond acceptors (Lipinski definition) is 4. The molecule has 0 radical (unpaired) electrons. The first kappa shape index (κ1) is 25.4. The molecular formula is C27H36O5. The van der Waals surface area contributed by atoms with Gasteiger partial charge in [0, 0.05) is 6.92 Å². The van der Waals surface area contributed by atoms with Gasteiger partial charge in [0.25, 0.3) is 0 Å². The van der Waals surface area contributed by atoms with Crippen LogP contribution in [0.4, 0.5) is 0 Å². The van der Waals surface area contributed by atoms with Crippen molar-refractivity contribution in [2.45, 2.75) is 71.1 Å². The van der Waals surface area contributed by atoms with E-state index >= 15 is 0 Å². The maximum Gasteiger partial charge on any atom is 0.335 e. The van der Waals surface area contributed by atoms with Gasteiger partial charge in [0.2, 0.25) is 0 Å². The normalized spacial score (nSPS) is 10.7. The Hall–Kier alpha value is -2.82. The van der Waals surface area contributed by atoms with Crippen molar-refractivity contribution in [3.05, 3.63) is 54.1 Å². The van der Waals surface area contributed by atoms with Crippen molar-refractivity contribution in [2.75, 3.05) is 13.2 Å². The van der Waals surface area contributed by atoms with E-state index in [1.807, 2.05) is 36.4 Å². The Bertz CT molecular complexity index is 796. The molecule has 0 aliphatic heterocycles. The summed E-state index contributed by atoms with van der Waals surface area (Å²) in [6.07, 6.45) is 12.0. The average Bonchev–Trinajstić information content (AvgIpc) is 2.79. The van der Waals surface area contributed by atoms with Crippen LogP contribution in [-0.4, -0.2) is 30.3 Å². The minimum atomic E-state index is -0.912. The summed E-state index contributed by atoms with van der Waals surface area (Å²) in [6.45, 7) is 2.75. The van der Waals surface area contributed by atoms with Crippen LogP contribution in [-0.2, 0) is 9.53 Å². The number of carboxylic acids is 1. The van der Waals surface area contributed by atoms with Crippen LogP contribution in [0.3, 0.4) is 0 Å². The highest BCUT2D eigenvalue weighted by Crippen LogP contribution is 2.23.